The van der Waals surface area contributed by atoms with Crippen LogP contribution in [0.5, 0.6) is 0 Å². The summed E-state index contributed by atoms with van der Waals surface area (Å²) in [6.45, 7) is -0.274. The highest BCUT2D eigenvalue weighted by molar-refractivity contribution is 7.12. The Morgan fingerprint density at radius 3 is 2.44 bits per heavy atom. The van der Waals surface area contributed by atoms with E-state index in [2.05, 4.69) is 21.2 Å². The Morgan fingerprint density at radius 1 is 0.906 bits per heavy atom. The molecular weight excluding hydrogens is 448 g/mol. The molecule has 0 aliphatic carbocycles. The van der Waals surface area contributed by atoms with Crippen molar-refractivity contribution in [2.75, 3.05) is 6.54 Å². The molecule has 32 heavy (non-hydrogen) atoms. The molecule has 7 nitrogen and oxygen atoms in total. The van der Waals surface area contributed by atoms with Crippen molar-refractivity contribution >= 4 is 51.6 Å². The van der Waals surface area contributed by atoms with E-state index in [0.29, 0.717) is 32.1 Å². The lowest BCUT2D eigenvalue weighted by Crippen LogP contribution is -2.46. The van der Waals surface area contributed by atoms with Gasteiger partial charge < -0.3 is 5.32 Å². The van der Waals surface area contributed by atoms with Crippen LogP contribution in [0.2, 0.25) is 5.02 Å². The Morgan fingerprint density at radius 2 is 1.69 bits per heavy atom. The highest BCUT2D eigenvalue weighted by atomic mass is 35.5. The van der Waals surface area contributed by atoms with E-state index in [4.69, 9.17) is 11.6 Å². The molecule has 0 saturated heterocycles. The molecular formula is C23H17ClN4O3S. The van der Waals surface area contributed by atoms with Crippen LogP contribution < -0.4 is 16.2 Å². The average molecular weight is 465 g/mol. The molecule has 4 rings (SSSR count). The van der Waals surface area contributed by atoms with Crippen LogP contribution in [-0.4, -0.2) is 29.3 Å². The van der Waals surface area contributed by atoms with Gasteiger partial charge in [0.05, 0.1) is 28.2 Å². The van der Waals surface area contributed by atoms with Crippen LogP contribution in [0.1, 0.15) is 20.0 Å². The summed E-state index contributed by atoms with van der Waals surface area (Å²) >= 11 is 7.24. The molecule has 2 heterocycles. The van der Waals surface area contributed by atoms with Gasteiger partial charge in [-0.2, -0.15) is 0 Å². The van der Waals surface area contributed by atoms with Crippen molar-refractivity contribution in [1.29, 1.82) is 0 Å². The number of nitrogens with one attached hydrogen (secondary N) is 3. The number of para-hydroxylation sites is 1. The molecule has 0 saturated carbocycles. The Hall–Kier alpha value is -3.75. The van der Waals surface area contributed by atoms with Crippen molar-refractivity contribution in [3.8, 4) is 11.3 Å². The molecule has 0 spiro atoms. The van der Waals surface area contributed by atoms with Gasteiger partial charge in [0.2, 0.25) is 0 Å². The van der Waals surface area contributed by atoms with E-state index in [0.717, 1.165) is 5.56 Å². The van der Waals surface area contributed by atoms with Crippen molar-refractivity contribution in [3.05, 3.63) is 87.6 Å². The van der Waals surface area contributed by atoms with Crippen molar-refractivity contribution < 1.29 is 14.4 Å². The molecule has 0 atom stereocenters. The second-order valence-electron chi connectivity index (χ2n) is 6.74. The summed E-state index contributed by atoms with van der Waals surface area (Å²) in [6.07, 6.45) is 0. The first-order chi connectivity index (χ1) is 15.5. The van der Waals surface area contributed by atoms with E-state index in [1.807, 2.05) is 24.3 Å². The number of aromatic nitrogens is 1. The van der Waals surface area contributed by atoms with Gasteiger partial charge in [-0.3, -0.25) is 25.2 Å². The van der Waals surface area contributed by atoms with E-state index in [-0.39, 0.29) is 12.5 Å². The predicted octanol–water partition coefficient (Wildman–Crippen LogP) is 3.81. The lowest BCUT2D eigenvalue weighted by Gasteiger charge is -2.12. The number of benzene rings is 2. The molecule has 0 unspecified atom stereocenters. The maximum atomic E-state index is 12.9. The quantitative estimate of drug-likeness (QED) is 0.391. The number of nitrogens with zero attached hydrogens (tertiary/aromatic N) is 1. The lowest BCUT2D eigenvalue weighted by molar-refractivity contribution is -0.120. The minimum Gasteiger partial charge on any atom is -0.342 e. The number of pyridine rings is 1. The van der Waals surface area contributed by atoms with Gasteiger partial charge in [-0.05, 0) is 35.7 Å². The molecule has 0 bridgehead atoms. The largest absolute Gasteiger partial charge is 0.342 e. The fraction of sp³-hybridized carbons (Fsp3) is 0.0435. The number of hydrogen-bond donors (Lipinski definition) is 3. The minimum absolute atomic E-state index is 0.274. The zero-order chi connectivity index (χ0) is 22.5. The second-order valence-corrected chi connectivity index (χ2v) is 8.13. The van der Waals surface area contributed by atoms with Crippen LogP contribution in [0.3, 0.4) is 0 Å². The summed E-state index contributed by atoms with van der Waals surface area (Å²) in [6, 6.07) is 19.4. The summed E-state index contributed by atoms with van der Waals surface area (Å²) in [7, 11) is 0. The predicted molar refractivity (Wildman–Crippen MR) is 124 cm³/mol. The van der Waals surface area contributed by atoms with Gasteiger partial charge in [-0.15, -0.1) is 11.3 Å². The van der Waals surface area contributed by atoms with Gasteiger partial charge in [0, 0.05) is 16.0 Å². The Balaban J connectivity index is 1.48. The third-order valence-electron chi connectivity index (χ3n) is 4.57. The number of thiophene rings is 1. The van der Waals surface area contributed by atoms with Crippen molar-refractivity contribution in [2.45, 2.75) is 0 Å². The molecule has 0 fully saturated rings. The van der Waals surface area contributed by atoms with Crippen molar-refractivity contribution in [2.24, 2.45) is 0 Å². The molecule has 2 aromatic heterocycles. The molecule has 0 aliphatic heterocycles. The summed E-state index contributed by atoms with van der Waals surface area (Å²) in [4.78, 5) is 42.0. The molecule has 0 radical (unpaired) electrons. The molecule has 9 heteroatoms. The topological polar surface area (TPSA) is 100 Å². The smallest absolute Gasteiger partial charge is 0.270 e. The third kappa shape index (κ3) is 4.93. The Bertz CT molecular complexity index is 1290. The highest BCUT2D eigenvalue weighted by Gasteiger charge is 2.15. The number of halogens is 1. The normalized spacial score (nSPS) is 10.5. The summed E-state index contributed by atoms with van der Waals surface area (Å²) < 4.78 is 0. The van der Waals surface area contributed by atoms with Crippen LogP contribution in [-0.2, 0) is 4.79 Å². The van der Waals surface area contributed by atoms with E-state index in [1.54, 1.807) is 47.8 Å². The number of amides is 3. The van der Waals surface area contributed by atoms with Gasteiger partial charge in [0.1, 0.15) is 0 Å². The van der Waals surface area contributed by atoms with Gasteiger partial charge >= 0.3 is 0 Å². The minimum atomic E-state index is -0.556. The molecule has 0 aliphatic rings. The fourth-order valence-corrected chi connectivity index (χ4v) is 3.79. The van der Waals surface area contributed by atoms with E-state index in [9.17, 15) is 14.4 Å². The first-order valence-corrected chi connectivity index (χ1v) is 10.8. The number of fused-ring (bicyclic) bond motifs is 1. The monoisotopic (exact) mass is 464 g/mol. The number of hydrazine groups is 1. The standard InChI is InChI=1S/C23H17ClN4O3S/c24-15-9-7-14(8-10-15)19-12-17(16-4-1-2-5-18(16)26-19)22(30)28-27-21(29)13-25-23(31)20-6-3-11-32-20/h1-12H,13H2,(H,25,31)(H,27,29)(H,28,30). The van der Waals surface area contributed by atoms with Crippen LogP contribution in [0.15, 0.2) is 72.1 Å². The first-order valence-electron chi connectivity index (χ1n) is 9.58. The zero-order valence-electron chi connectivity index (χ0n) is 16.6. The fourth-order valence-electron chi connectivity index (χ4n) is 3.03. The van der Waals surface area contributed by atoms with Crippen molar-refractivity contribution in [3.63, 3.8) is 0 Å². The Kier molecular flexibility index (Phi) is 6.44. The molecule has 2 aromatic carbocycles. The summed E-state index contributed by atoms with van der Waals surface area (Å²) in [5, 5.41) is 5.51. The molecule has 4 aromatic rings. The first kappa shape index (κ1) is 21.5. The molecule has 160 valence electrons. The van der Waals surface area contributed by atoms with Gasteiger partial charge in [0.25, 0.3) is 17.7 Å². The maximum absolute atomic E-state index is 12.9. The zero-order valence-corrected chi connectivity index (χ0v) is 18.2. The number of rotatable bonds is 5. The highest BCUT2D eigenvalue weighted by Crippen LogP contribution is 2.25. The van der Waals surface area contributed by atoms with E-state index >= 15 is 0 Å². The second kappa shape index (κ2) is 9.59. The van der Waals surface area contributed by atoms with E-state index in [1.165, 1.54) is 11.3 Å². The van der Waals surface area contributed by atoms with Crippen LogP contribution in [0.4, 0.5) is 0 Å². The SMILES string of the molecule is O=C(CNC(=O)c1cccs1)NNC(=O)c1cc(-c2ccc(Cl)cc2)nc2ccccc12. The van der Waals surface area contributed by atoms with Gasteiger partial charge in [0.15, 0.2) is 0 Å². The third-order valence-corrected chi connectivity index (χ3v) is 5.69. The summed E-state index contributed by atoms with van der Waals surface area (Å²) in [5.74, 6) is -1.41. The van der Waals surface area contributed by atoms with Crippen LogP contribution >= 0.6 is 22.9 Å². The van der Waals surface area contributed by atoms with Gasteiger partial charge in [-0.1, -0.05) is 48.0 Å². The van der Waals surface area contributed by atoms with Crippen LogP contribution in [0, 0.1) is 0 Å². The van der Waals surface area contributed by atoms with Crippen molar-refractivity contribution in [1.82, 2.24) is 21.2 Å². The molecule has 3 N–H and O–H groups in total. The number of carbonyl (C=O) groups is 3. The Labute approximate surface area is 192 Å². The summed E-state index contributed by atoms with van der Waals surface area (Å²) in [5.41, 5.74) is 7.11. The lowest BCUT2D eigenvalue weighted by atomic mass is 10.0. The van der Waals surface area contributed by atoms with E-state index < -0.39 is 11.8 Å². The maximum Gasteiger partial charge on any atom is 0.270 e. The van der Waals surface area contributed by atoms with Gasteiger partial charge in [-0.25, -0.2) is 4.98 Å². The number of carbonyl (C=O) groups excluding carboxylic acids is 3. The van der Waals surface area contributed by atoms with Crippen LogP contribution in [0.25, 0.3) is 22.2 Å². The average Bonchev–Trinajstić information content (AvgIpc) is 3.36. The molecule has 3 amide bonds. The number of hydrogen-bond acceptors (Lipinski definition) is 5.